The van der Waals surface area contributed by atoms with Gasteiger partial charge in [-0.3, -0.25) is 9.71 Å². The molecule has 1 heterocycles. The van der Waals surface area contributed by atoms with Crippen molar-refractivity contribution in [2.24, 2.45) is 0 Å². The smallest absolute Gasteiger partial charge is 0.229 e. The van der Waals surface area contributed by atoms with Gasteiger partial charge in [0.05, 0.1) is 17.6 Å². The zero-order valence-corrected chi connectivity index (χ0v) is 15.8. The molecule has 1 aliphatic carbocycles. The molecule has 0 radical (unpaired) electrons. The third-order valence-electron chi connectivity index (χ3n) is 4.66. The summed E-state index contributed by atoms with van der Waals surface area (Å²) in [5.74, 6) is 0. The highest BCUT2D eigenvalue weighted by molar-refractivity contribution is 7.92. The van der Waals surface area contributed by atoms with Crippen molar-refractivity contribution in [3.05, 3.63) is 94.8 Å². The van der Waals surface area contributed by atoms with E-state index in [2.05, 4.69) is 58.2 Å². The highest BCUT2D eigenvalue weighted by Gasteiger charge is 2.17. The lowest BCUT2D eigenvalue weighted by Crippen LogP contribution is -2.09. The second-order valence-electron chi connectivity index (χ2n) is 6.72. The molecule has 3 aromatic rings. The number of sulfonamides is 1. The van der Waals surface area contributed by atoms with Crippen LogP contribution < -0.4 is 4.72 Å². The van der Waals surface area contributed by atoms with Crippen LogP contribution in [0.5, 0.6) is 0 Å². The van der Waals surface area contributed by atoms with Crippen LogP contribution in [0.2, 0.25) is 0 Å². The van der Waals surface area contributed by atoms with Crippen LogP contribution in [-0.2, 0) is 22.9 Å². The van der Waals surface area contributed by atoms with E-state index < -0.39 is 10.0 Å². The van der Waals surface area contributed by atoms with Crippen LogP contribution in [0.1, 0.15) is 27.9 Å². The van der Waals surface area contributed by atoms with Crippen LogP contribution in [0, 0.1) is 0 Å². The first-order valence-corrected chi connectivity index (χ1v) is 10.7. The number of benzene rings is 2. The van der Waals surface area contributed by atoms with Crippen LogP contribution in [0.3, 0.4) is 0 Å². The minimum atomic E-state index is -3.33. The highest BCUT2D eigenvalue weighted by atomic mass is 32.2. The second kappa shape index (κ2) is 7.00. The van der Waals surface area contributed by atoms with E-state index in [1.807, 2.05) is 6.08 Å². The van der Waals surface area contributed by atoms with Crippen LogP contribution in [-0.4, -0.2) is 19.7 Å². The molecule has 1 aromatic heterocycles. The first-order chi connectivity index (χ1) is 13.0. The van der Waals surface area contributed by atoms with Crippen LogP contribution >= 0.6 is 0 Å². The lowest BCUT2D eigenvalue weighted by Gasteiger charge is -2.12. The van der Waals surface area contributed by atoms with Crippen LogP contribution in [0.25, 0.3) is 11.6 Å². The summed E-state index contributed by atoms with van der Waals surface area (Å²) in [7, 11) is -3.33. The standard InChI is InChI=1S/C22H20N2O2S/c1-27(25,26)24-18-12-13-23-19(14-18)15-22-20-8-4-2-6-16(20)10-11-17-7-3-5-9-21(17)22/h2-9,12-15H,10-11H2,1H3,(H,23,24). The number of aromatic nitrogens is 1. The van der Waals surface area contributed by atoms with Crippen molar-refractivity contribution in [1.82, 2.24) is 4.98 Å². The third kappa shape index (κ3) is 3.93. The van der Waals surface area contributed by atoms with Crippen molar-refractivity contribution < 1.29 is 8.42 Å². The minimum absolute atomic E-state index is 0.509. The van der Waals surface area contributed by atoms with Gasteiger partial charge in [-0.15, -0.1) is 0 Å². The zero-order chi connectivity index (χ0) is 18.9. The van der Waals surface area contributed by atoms with Crippen LogP contribution in [0.4, 0.5) is 5.69 Å². The van der Waals surface area contributed by atoms with Crippen molar-refractivity contribution in [2.45, 2.75) is 12.8 Å². The van der Waals surface area contributed by atoms with E-state index in [0.717, 1.165) is 24.7 Å². The largest absolute Gasteiger partial charge is 0.284 e. The summed E-state index contributed by atoms with van der Waals surface area (Å²) >= 11 is 0. The van der Waals surface area contributed by atoms with E-state index in [1.165, 1.54) is 22.3 Å². The molecule has 4 nitrogen and oxygen atoms in total. The fraction of sp³-hybridized carbons (Fsp3) is 0.136. The molecule has 0 unspecified atom stereocenters. The second-order valence-corrected chi connectivity index (χ2v) is 8.46. The molecule has 0 saturated heterocycles. The van der Waals surface area contributed by atoms with Gasteiger partial charge in [-0.1, -0.05) is 48.5 Å². The van der Waals surface area contributed by atoms with E-state index in [1.54, 1.807) is 18.3 Å². The Bertz CT molecular complexity index is 1080. The van der Waals surface area contributed by atoms with Gasteiger partial charge in [0.2, 0.25) is 10.0 Å². The monoisotopic (exact) mass is 376 g/mol. The maximum atomic E-state index is 11.5. The molecule has 1 N–H and O–H groups in total. The molecule has 27 heavy (non-hydrogen) atoms. The Morgan fingerprint density at radius 2 is 1.52 bits per heavy atom. The summed E-state index contributed by atoms with van der Waals surface area (Å²) in [5, 5.41) is 0. The number of rotatable bonds is 3. The molecule has 0 spiro atoms. The fourth-order valence-electron chi connectivity index (χ4n) is 3.52. The molecular weight excluding hydrogens is 356 g/mol. The van der Waals surface area contributed by atoms with Gasteiger partial charge in [0.25, 0.3) is 0 Å². The van der Waals surface area contributed by atoms with Crippen molar-refractivity contribution in [2.75, 3.05) is 11.0 Å². The molecule has 2 aromatic carbocycles. The number of hydrogen-bond acceptors (Lipinski definition) is 3. The third-order valence-corrected chi connectivity index (χ3v) is 5.26. The predicted octanol–water partition coefficient (Wildman–Crippen LogP) is 4.14. The van der Waals surface area contributed by atoms with Gasteiger partial charge in [-0.25, -0.2) is 8.42 Å². The normalized spacial score (nSPS) is 13.3. The number of aryl methyl sites for hydroxylation is 2. The molecule has 4 rings (SSSR count). The maximum Gasteiger partial charge on any atom is 0.229 e. The average Bonchev–Trinajstić information content (AvgIpc) is 2.79. The first-order valence-electron chi connectivity index (χ1n) is 8.82. The average molecular weight is 376 g/mol. The van der Waals surface area contributed by atoms with Gasteiger partial charge in [-0.2, -0.15) is 0 Å². The molecule has 0 bridgehead atoms. The van der Waals surface area contributed by atoms with E-state index >= 15 is 0 Å². The molecule has 0 atom stereocenters. The van der Waals surface area contributed by atoms with E-state index in [4.69, 9.17) is 0 Å². The van der Waals surface area contributed by atoms with E-state index in [-0.39, 0.29) is 0 Å². The maximum absolute atomic E-state index is 11.5. The van der Waals surface area contributed by atoms with Crippen molar-refractivity contribution >= 4 is 27.4 Å². The molecule has 5 heteroatoms. The number of hydrogen-bond donors (Lipinski definition) is 1. The minimum Gasteiger partial charge on any atom is -0.284 e. The Balaban J connectivity index is 1.87. The van der Waals surface area contributed by atoms with Crippen molar-refractivity contribution in [3.63, 3.8) is 0 Å². The van der Waals surface area contributed by atoms with Gasteiger partial charge in [0.1, 0.15) is 0 Å². The lowest BCUT2D eigenvalue weighted by atomic mass is 9.93. The molecule has 0 fully saturated rings. The Morgan fingerprint density at radius 3 is 2.11 bits per heavy atom. The van der Waals surface area contributed by atoms with Gasteiger partial charge < -0.3 is 0 Å². The molecule has 0 aliphatic heterocycles. The summed E-state index contributed by atoms with van der Waals surface area (Å²) < 4.78 is 25.6. The fourth-order valence-corrected chi connectivity index (χ4v) is 4.08. The van der Waals surface area contributed by atoms with Gasteiger partial charge in [-0.05, 0) is 58.9 Å². The van der Waals surface area contributed by atoms with Gasteiger partial charge in [0.15, 0.2) is 0 Å². The number of anilines is 1. The zero-order valence-electron chi connectivity index (χ0n) is 15.0. The Kier molecular flexibility index (Phi) is 4.54. The SMILES string of the molecule is CS(=O)(=O)Nc1ccnc(C=C2c3ccccc3CCc3ccccc32)c1. The highest BCUT2D eigenvalue weighted by Crippen LogP contribution is 2.34. The number of pyridine rings is 1. The summed E-state index contributed by atoms with van der Waals surface area (Å²) in [4.78, 5) is 4.43. The Labute approximate surface area is 159 Å². The predicted molar refractivity (Wildman–Crippen MR) is 110 cm³/mol. The Morgan fingerprint density at radius 1 is 0.926 bits per heavy atom. The van der Waals surface area contributed by atoms with Gasteiger partial charge in [0, 0.05) is 6.20 Å². The number of fused-ring (bicyclic) bond motifs is 2. The quantitative estimate of drug-likeness (QED) is 0.747. The Hall–Kier alpha value is -2.92. The van der Waals surface area contributed by atoms with E-state index in [0.29, 0.717) is 11.4 Å². The molecule has 0 amide bonds. The number of nitrogens with zero attached hydrogens (tertiary/aromatic N) is 1. The molecule has 136 valence electrons. The summed E-state index contributed by atoms with van der Waals surface area (Å²) in [5.41, 5.74) is 7.36. The van der Waals surface area contributed by atoms with E-state index in [9.17, 15) is 8.42 Å². The molecule has 0 saturated carbocycles. The molecular formula is C22H20N2O2S. The van der Waals surface area contributed by atoms with Crippen LogP contribution in [0.15, 0.2) is 66.9 Å². The first kappa shape index (κ1) is 17.5. The van der Waals surface area contributed by atoms with Crippen molar-refractivity contribution in [3.8, 4) is 0 Å². The molecule has 1 aliphatic rings. The van der Waals surface area contributed by atoms with Gasteiger partial charge >= 0.3 is 0 Å². The summed E-state index contributed by atoms with van der Waals surface area (Å²) in [6.07, 6.45) is 6.79. The number of nitrogens with one attached hydrogen (secondary N) is 1. The summed E-state index contributed by atoms with van der Waals surface area (Å²) in [6, 6.07) is 20.3. The summed E-state index contributed by atoms with van der Waals surface area (Å²) in [6.45, 7) is 0. The van der Waals surface area contributed by atoms with Crippen molar-refractivity contribution in [1.29, 1.82) is 0 Å². The topological polar surface area (TPSA) is 59.1 Å². The lowest BCUT2D eigenvalue weighted by molar-refractivity contribution is 0.607.